The van der Waals surface area contributed by atoms with E-state index in [1.807, 2.05) is 44.3 Å². The Bertz CT molecular complexity index is 1250. The van der Waals surface area contributed by atoms with Crippen LogP contribution in [0, 0.1) is 13.8 Å². The standard InChI is InChI=1S/C20H21N7O/c1-12-11-27-18(13(2)22-12)10-17(25-27)19-23-16-4-3-14(9-15(16)20(28)24-19)26-7-5-21-6-8-26/h3-4,9-11,21H,5-8H2,1-2H3,(H,23,24,28). The van der Waals surface area contributed by atoms with Gasteiger partial charge in [-0.25, -0.2) is 9.50 Å². The average molecular weight is 375 g/mol. The Morgan fingerprint density at radius 1 is 1.07 bits per heavy atom. The lowest BCUT2D eigenvalue weighted by atomic mass is 10.2. The second kappa shape index (κ2) is 6.42. The van der Waals surface area contributed by atoms with E-state index in [1.54, 1.807) is 4.52 Å². The van der Waals surface area contributed by atoms with E-state index in [2.05, 4.69) is 30.3 Å². The van der Waals surface area contributed by atoms with Gasteiger partial charge in [-0.15, -0.1) is 0 Å². The molecule has 0 amide bonds. The van der Waals surface area contributed by atoms with Crippen LogP contribution in [0.1, 0.15) is 11.4 Å². The van der Waals surface area contributed by atoms with Crippen molar-refractivity contribution < 1.29 is 0 Å². The van der Waals surface area contributed by atoms with Crippen molar-refractivity contribution in [2.24, 2.45) is 0 Å². The first-order chi connectivity index (χ1) is 13.6. The van der Waals surface area contributed by atoms with E-state index in [0.29, 0.717) is 22.4 Å². The zero-order valence-electron chi connectivity index (χ0n) is 15.9. The van der Waals surface area contributed by atoms with Gasteiger partial charge in [-0.1, -0.05) is 0 Å². The minimum atomic E-state index is -0.153. The van der Waals surface area contributed by atoms with Crippen molar-refractivity contribution in [3.05, 3.63) is 52.2 Å². The monoisotopic (exact) mass is 375 g/mol. The molecule has 1 aromatic carbocycles. The molecule has 1 fully saturated rings. The van der Waals surface area contributed by atoms with Gasteiger partial charge in [0.1, 0.15) is 5.69 Å². The maximum atomic E-state index is 12.8. The largest absolute Gasteiger partial charge is 0.369 e. The van der Waals surface area contributed by atoms with Gasteiger partial charge in [0.15, 0.2) is 5.82 Å². The van der Waals surface area contributed by atoms with Crippen molar-refractivity contribution in [2.75, 3.05) is 31.1 Å². The van der Waals surface area contributed by atoms with Crippen molar-refractivity contribution >= 4 is 22.1 Å². The van der Waals surface area contributed by atoms with Gasteiger partial charge >= 0.3 is 0 Å². The highest BCUT2D eigenvalue weighted by atomic mass is 16.1. The molecule has 4 heterocycles. The maximum Gasteiger partial charge on any atom is 0.259 e. The molecule has 1 aliphatic heterocycles. The van der Waals surface area contributed by atoms with Gasteiger partial charge in [0.05, 0.1) is 34.0 Å². The quantitative estimate of drug-likeness (QED) is 0.554. The Balaban J connectivity index is 1.60. The van der Waals surface area contributed by atoms with Crippen molar-refractivity contribution in [3.63, 3.8) is 0 Å². The molecule has 4 aromatic rings. The lowest BCUT2D eigenvalue weighted by Crippen LogP contribution is -2.43. The number of hydrogen-bond donors (Lipinski definition) is 2. The van der Waals surface area contributed by atoms with Crippen LogP contribution in [0.15, 0.2) is 35.3 Å². The lowest BCUT2D eigenvalue weighted by molar-refractivity contribution is 0.589. The first kappa shape index (κ1) is 16.9. The highest BCUT2D eigenvalue weighted by Gasteiger charge is 2.15. The van der Waals surface area contributed by atoms with E-state index in [1.165, 1.54) is 0 Å². The molecule has 0 aliphatic carbocycles. The number of aromatic nitrogens is 5. The van der Waals surface area contributed by atoms with Gasteiger partial charge in [-0.05, 0) is 38.1 Å². The number of piperazine rings is 1. The number of benzene rings is 1. The van der Waals surface area contributed by atoms with E-state index in [4.69, 9.17) is 0 Å². The third kappa shape index (κ3) is 2.82. The minimum absolute atomic E-state index is 0.153. The van der Waals surface area contributed by atoms with E-state index in [0.717, 1.165) is 48.8 Å². The molecule has 0 radical (unpaired) electrons. The normalized spacial score (nSPS) is 14.9. The zero-order chi connectivity index (χ0) is 19.3. The molecule has 28 heavy (non-hydrogen) atoms. The second-order valence-corrected chi connectivity index (χ2v) is 7.18. The predicted molar refractivity (Wildman–Crippen MR) is 109 cm³/mol. The number of rotatable bonds is 2. The first-order valence-electron chi connectivity index (χ1n) is 9.42. The molecule has 0 spiro atoms. The summed E-state index contributed by atoms with van der Waals surface area (Å²) in [5.41, 5.74) is 4.88. The smallest absolute Gasteiger partial charge is 0.259 e. The van der Waals surface area contributed by atoms with Gasteiger partial charge in [0.2, 0.25) is 0 Å². The first-order valence-corrected chi connectivity index (χ1v) is 9.42. The fraction of sp³-hybridized carbons (Fsp3) is 0.300. The third-order valence-electron chi connectivity index (χ3n) is 5.17. The van der Waals surface area contributed by atoms with Gasteiger partial charge in [0.25, 0.3) is 5.56 Å². The van der Waals surface area contributed by atoms with Gasteiger partial charge in [-0.2, -0.15) is 5.10 Å². The highest BCUT2D eigenvalue weighted by molar-refractivity contribution is 5.83. The van der Waals surface area contributed by atoms with Crippen LogP contribution in [0.4, 0.5) is 5.69 Å². The van der Waals surface area contributed by atoms with Crippen molar-refractivity contribution in [3.8, 4) is 11.5 Å². The number of aryl methyl sites for hydroxylation is 2. The van der Waals surface area contributed by atoms with E-state index in [-0.39, 0.29) is 5.56 Å². The number of H-pyrrole nitrogens is 1. The Kier molecular flexibility index (Phi) is 3.87. The number of anilines is 1. The van der Waals surface area contributed by atoms with Gasteiger partial charge < -0.3 is 15.2 Å². The topological polar surface area (TPSA) is 91.2 Å². The summed E-state index contributed by atoms with van der Waals surface area (Å²) in [6, 6.07) is 7.78. The van der Waals surface area contributed by atoms with E-state index < -0.39 is 0 Å². The molecule has 142 valence electrons. The molecule has 0 bridgehead atoms. The van der Waals surface area contributed by atoms with Crippen LogP contribution in [-0.2, 0) is 0 Å². The number of hydrogen-bond acceptors (Lipinski definition) is 6. The molecule has 0 saturated carbocycles. The maximum absolute atomic E-state index is 12.8. The van der Waals surface area contributed by atoms with Crippen molar-refractivity contribution in [2.45, 2.75) is 13.8 Å². The molecular formula is C20H21N7O. The molecular weight excluding hydrogens is 354 g/mol. The highest BCUT2D eigenvalue weighted by Crippen LogP contribution is 2.22. The second-order valence-electron chi connectivity index (χ2n) is 7.18. The Morgan fingerprint density at radius 3 is 2.71 bits per heavy atom. The Hall–Kier alpha value is -3.26. The molecule has 2 N–H and O–H groups in total. The Morgan fingerprint density at radius 2 is 1.89 bits per heavy atom. The minimum Gasteiger partial charge on any atom is -0.369 e. The fourth-order valence-electron chi connectivity index (χ4n) is 3.77. The summed E-state index contributed by atoms with van der Waals surface area (Å²) in [5, 5.41) is 8.51. The summed E-state index contributed by atoms with van der Waals surface area (Å²) in [6.07, 6.45) is 1.87. The number of fused-ring (bicyclic) bond motifs is 2. The van der Waals surface area contributed by atoms with E-state index in [9.17, 15) is 4.79 Å². The molecule has 0 atom stereocenters. The fourth-order valence-corrected chi connectivity index (χ4v) is 3.77. The van der Waals surface area contributed by atoms with Crippen LogP contribution in [0.2, 0.25) is 0 Å². The van der Waals surface area contributed by atoms with Crippen molar-refractivity contribution in [1.29, 1.82) is 0 Å². The molecule has 5 rings (SSSR count). The van der Waals surface area contributed by atoms with Gasteiger partial charge in [0, 0.05) is 31.9 Å². The molecule has 8 nitrogen and oxygen atoms in total. The Labute approximate surface area is 161 Å². The average Bonchev–Trinajstić information content (AvgIpc) is 3.13. The van der Waals surface area contributed by atoms with E-state index >= 15 is 0 Å². The predicted octanol–water partition coefficient (Wildman–Crippen LogP) is 1.66. The van der Waals surface area contributed by atoms with Crippen LogP contribution < -0.4 is 15.8 Å². The summed E-state index contributed by atoms with van der Waals surface area (Å²) in [4.78, 5) is 27.1. The number of nitrogens with one attached hydrogen (secondary N) is 2. The van der Waals surface area contributed by atoms with Crippen LogP contribution >= 0.6 is 0 Å². The summed E-state index contributed by atoms with van der Waals surface area (Å²) >= 11 is 0. The summed E-state index contributed by atoms with van der Waals surface area (Å²) in [7, 11) is 0. The summed E-state index contributed by atoms with van der Waals surface area (Å²) in [6.45, 7) is 7.65. The van der Waals surface area contributed by atoms with Crippen molar-refractivity contribution in [1.82, 2.24) is 29.9 Å². The van der Waals surface area contributed by atoms with Crippen LogP contribution in [0.5, 0.6) is 0 Å². The zero-order valence-corrected chi connectivity index (χ0v) is 15.9. The lowest BCUT2D eigenvalue weighted by Gasteiger charge is -2.29. The SMILES string of the molecule is Cc1cn2nc(-c3nc4ccc(N5CCNCC5)cc4c(=O)[nH]3)cc2c(C)n1. The summed E-state index contributed by atoms with van der Waals surface area (Å²) < 4.78 is 1.78. The van der Waals surface area contributed by atoms with Crippen LogP contribution in [0.25, 0.3) is 27.9 Å². The molecule has 3 aromatic heterocycles. The van der Waals surface area contributed by atoms with Crippen LogP contribution in [0.3, 0.4) is 0 Å². The molecule has 0 unspecified atom stereocenters. The number of aromatic amines is 1. The third-order valence-corrected chi connectivity index (χ3v) is 5.17. The summed E-state index contributed by atoms with van der Waals surface area (Å²) in [5.74, 6) is 0.466. The molecule has 8 heteroatoms. The van der Waals surface area contributed by atoms with Gasteiger partial charge in [-0.3, -0.25) is 9.78 Å². The molecule has 1 saturated heterocycles. The molecule has 1 aliphatic rings. The van der Waals surface area contributed by atoms with Crippen LogP contribution in [-0.4, -0.2) is 50.7 Å². The number of nitrogens with zero attached hydrogens (tertiary/aromatic N) is 5.